The molecule has 0 aliphatic heterocycles. The van der Waals surface area contributed by atoms with Crippen LogP contribution in [0, 0.1) is 6.92 Å². The third kappa shape index (κ3) is 4.48. The van der Waals surface area contributed by atoms with Crippen molar-refractivity contribution in [3.05, 3.63) is 59.7 Å². The highest BCUT2D eigenvalue weighted by Crippen LogP contribution is 2.25. The van der Waals surface area contributed by atoms with Crippen molar-refractivity contribution >= 4 is 29.1 Å². The molecule has 0 aliphatic carbocycles. The summed E-state index contributed by atoms with van der Waals surface area (Å²) in [6, 6.07) is 14.9. The van der Waals surface area contributed by atoms with Gasteiger partial charge in [0.05, 0.1) is 5.75 Å². The summed E-state index contributed by atoms with van der Waals surface area (Å²) >= 11 is 1.36. The third-order valence-corrected chi connectivity index (χ3v) is 5.39. The molecule has 1 aromatic heterocycles. The van der Waals surface area contributed by atoms with Crippen LogP contribution in [0.3, 0.4) is 0 Å². The fourth-order valence-corrected chi connectivity index (χ4v) is 3.51. The monoisotopic (exact) mass is 394 g/mol. The van der Waals surface area contributed by atoms with Crippen LogP contribution in [0.2, 0.25) is 0 Å². The number of ketones is 1. The molecule has 0 radical (unpaired) electrons. The summed E-state index contributed by atoms with van der Waals surface area (Å²) < 4.78 is 1.91. The summed E-state index contributed by atoms with van der Waals surface area (Å²) in [4.78, 5) is 23.9. The molecular formula is C21H22N4O2S. The van der Waals surface area contributed by atoms with E-state index in [1.54, 1.807) is 31.2 Å². The van der Waals surface area contributed by atoms with Gasteiger partial charge >= 0.3 is 0 Å². The number of aromatic nitrogens is 3. The normalized spacial score (nSPS) is 10.7. The Kier molecular flexibility index (Phi) is 6.26. The molecule has 0 saturated heterocycles. The molecule has 0 unspecified atom stereocenters. The second-order valence-corrected chi connectivity index (χ2v) is 7.31. The highest BCUT2D eigenvalue weighted by Gasteiger charge is 2.15. The van der Waals surface area contributed by atoms with Crippen LogP contribution >= 0.6 is 11.8 Å². The zero-order chi connectivity index (χ0) is 20.1. The van der Waals surface area contributed by atoms with Gasteiger partial charge in [0.15, 0.2) is 16.8 Å². The first-order chi connectivity index (χ1) is 13.5. The van der Waals surface area contributed by atoms with Crippen molar-refractivity contribution in [3.63, 3.8) is 0 Å². The molecule has 0 bridgehead atoms. The van der Waals surface area contributed by atoms with E-state index in [0.29, 0.717) is 22.8 Å². The van der Waals surface area contributed by atoms with Gasteiger partial charge in [-0.15, -0.1) is 10.2 Å². The number of nitrogens with one attached hydrogen (secondary N) is 1. The Morgan fingerprint density at radius 2 is 1.79 bits per heavy atom. The summed E-state index contributed by atoms with van der Waals surface area (Å²) in [6.45, 7) is 3.83. The van der Waals surface area contributed by atoms with Gasteiger partial charge in [-0.25, -0.2) is 0 Å². The lowest BCUT2D eigenvalue weighted by molar-refractivity contribution is -0.115. The Bertz CT molecular complexity index is 996. The Labute approximate surface area is 168 Å². The number of carbonyl (C=O) groups excluding carboxylic acids is 2. The highest BCUT2D eigenvalue weighted by molar-refractivity contribution is 7.99. The van der Waals surface area contributed by atoms with Crippen LogP contribution in [0.5, 0.6) is 0 Å². The summed E-state index contributed by atoms with van der Waals surface area (Å²) in [5.74, 6) is 0.990. The molecule has 1 amide bonds. The molecule has 1 heterocycles. The Morgan fingerprint density at radius 3 is 2.46 bits per heavy atom. The molecule has 0 fully saturated rings. The van der Waals surface area contributed by atoms with Crippen LogP contribution in [0.1, 0.15) is 29.3 Å². The lowest BCUT2D eigenvalue weighted by Crippen LogP contribution is -2.10. The largest absolute Gasteiger partial charge is 0.326 e. The molecule has 6 nitrogen and oxygen atoms in total. The number of hydrogen-bond acceptors (Lipinski definition) is 5. The molecule has 3 aromatic rings. The minimum Gasteiger partial charge on any atom is -0.326 e. The number of hydrogen-bond donors (Lipinski definition) is 1. The van der Waals surface area contributed by atoms with E-state index >= 15 is 0 Å². The van der Waals surface area contributed by atoms with Gasteiger partial charge in [-0.3, -0.25) is 9.59 Å². The van der Waals surface area contributed by atoms with E-state index in [1.165, 1.54) is 11.8 Å². The molecule has 2 aromatic carbocycles. The summed E-state index contributed by atoms with van der Waals surface area (Å²) in [5, 5.41) is 12.0. The van der Waals surface area contributed by atoms with Crippen molar-refractivity contribution in [1.82, 2.24) is 14.8 Å². The van der Waals surface area contributed by atoms with Crippen molar-refractivity contribution in [3.8, 4) is 11.4 Å². The van der Waals surface area contributed by atoms with Gasteiger partial charge in [-0.05, 0) is 36.8 Å². The standard InChI is InChI=1S/C21H22N4O2S/c1-4-19(27)22-16-11-9-15(10-12-16)18(26)13-28-21-24-23-20(25(21)3)17-8-6-5-7-14(17)2/h5-12H,4,13H2,1-3H3,(H,22,27). The first-order valence-electron chi connectivity index (χ1n) is 9.01. The molecule has 144 valence electrons. The van der Waals surface area contributed by atoms with E-state index in [-0.39, 0.29) is 17.4 Å². The predicted molar refractivity (Wildman–Crippen MR) is 112 cm³/mol. The second kappa shape index (κ2) is 8.84. The maximum Gasteiger partial charge on any atom is 0.224 e. The van der Waals surface area contributed by atoms with Crippen molar-refractivity contribution in [2.45, 2.75) is 25.4 Å². The van der Waals surface area contributed by atoms with Gasteiger partial charge in [0.1, 0.15) is 0 Å². The van der Waals surface area contributed by atoms with Crippen LogP contribution in [0.25, 0.3) is 11.4 Å². The molecule has 0 atom stereocenters. The molecule has 0 spiro atoms. The fraction of sp³-hybridized carbons (Fsp3) is 0.238. The van der Waals surface area contributed by atoms with Crippen molar-refractivity contribution in [2.24, 2.45) is 7.05 Å². The first-order valence-corrected chi connectivity index (χ1v) is 9.99. The minimum atomic E-state index is -0.0543. The van der Waals surface area contributed by atoms with Crippen LogP contribution < -0.4 is 5.32 Å². The van der Waals surface area contributed by atoms with Gasteiger partial charge in [0, 0.05) is 30.3 Å². The van der Waals surface area contributed by atoms with E-state index in [9.17, 15) is 9.59 Å². The summed E-state index contributed by atoms with van der Waals surface area (Å²) in [7, 11) is 1.90. The molecule has 7 heteroatoms. The van der Waals surface area contributed by atoms with E-state index in [1.807, 2.05) is 42.8 Å². The SMILES string of the molecule is CCC(=O)Nc1ccc(C(=O)CSc2nnc(-c3ccccc3C)n2C)cc1. The predicted octanol–water partition coefficient (Wildman–Crippen LogP) is 4.11. The van der Waals surface area contributed by atoms with Gasteiger partial charge in [-0.2, -0.15) is 0 Å². The van der Waals surface area contributed by atoms with Crippen molar-refractivity contribution in [2.75, 3.05) is 11.1 Å². The quantitative estimate of drug-likeness (QED) is 0.482. The Balaban J connectivity index is 1.65. The molecule has 1 N–H and O–H groups in total. The average Bonchev–Trinajstić information content (AvgIpc) is 3.07. The van der Waals surface area contributed by atoms with Crippen LogP contribution in [0.15, 0.2) is 53.7 Å². The first kappa shape index (κ1) is 19.8. The van der Waals surface area contributed by atoms with Gasteiger partial charge in [0.2, 0.25) is 5.91 Å². The summed E-state index contributed by atoms with van der Waals surface area (Å²) in [6.07, 6.45) is 0.416. The average molecular weight is 395 g/mol. The number of nitrogens with zero attached hydrogens (tertiary/aromatic N) is 3. The number of amides is 1. The lowest BCUT2D eigenvalue weighted by Gasteiger charge is -2.07. The minimum absolute atomic E-state index is 0.00110. The smallest absolute Gasteiger partial charge is 0.224 e. The number of carbonyl (C=O) groups is 2. The van der Waals surface area contributed by atoms with Crippen molar-refractivity contribution < 1.29 is 9.59 Å². The summed E-state index contributed by atoms with van der Waals surface area (Å²) in [5.41, 5.74) is 3.44. The van der Waals surface area contributed by atoms with E-state index < -0.39 is 0 Å². The highest BCUT2D eigenvalue weighted by atomic mass is 32.2. The number of Topliss-reactive ketones (excluding diaryl/α,β-unsaturated/α-hetero) is 1. The van der Waals surface area contributed by atoms with Gasteiger partial charge in [-0.1, -0.05) is 43.0 Å². The number of aryl methyl sites for hydroxylation is 1. The number of benzene rings is 2. The maximum absolute atomic E-state index is 12.5. The zero-order valence-corrected chi connectivity index (χ0v) is 16.9. The number of rotatable bonds is 7. The topological polar surface area (TPSA) is 76.9 Å². The molecular weight excluding hydrogens is 372 g/mol. The Morgan fingerprint density at radius 1 is 1.07 bits per heavy atom. The fourth-order valence-electron chi connectivity index (χ4n) is 2.70. The molecule has 3 rings (SSSR count). The van der Waals surface area contributed by atoms with E-state index in [2.05, 4.69) is 15.5 Å². The number of anilines is 1. The number of thioether (sulfide) groups is 1. The zero-order valence-electron chi connectivity index (χ0n) is 16.1. The Hall–Kier alpha value is -2.93. The van der Waals surface area contributed by atoms with Gasteiger partial charge < -0.3 is 9.88 Å². The second-order valence-electron chi connectivity index (χ2n) is 6.37. The third-order valence-electron chi connectivity index (χ3n) is 4.36. The van der Waals surface area contributed by atoms with Crippen molar-refractivity contribution in [1.29, 1.82) is 0 Å². The van der Waals surface area contributed by atoms with Gasteiger partial charge in [0.25, 0.3) is 0 Å². The maximum atomic E-state index is 12.5. The lowest BCUT2D eigenvalue weighted by atomic mass is 10.1. The molecule has 0 saturated carbocycles. The molecule has 28 heavy (non-hydrogen) atoms. The van der Waals surface area contributed by atoms with Crippen LogP contribution in [-0.2, 0) is 11.8 Å². The van der Waals surface area contributed by atoms with Crippen LogP contribution in [-0.4, -0.2) is 32.2 Å². The van der Waals surface area contributed by atoms with Crippen LogP contribution in [0.4, 0.5) is 5.69 Å². The molecule has 0 aliphatic rings. The van der Waals surface area contributed by atoms with E-state index in [4.69, 9.17) is 0 Å². The van der Waals surface area contributed by atoms with E-state index in [0.717, 1.165) is 17.0 Å².